The molecule has 0 saturated heterocycles. The lowest BCUT2D eigenvalue weighted by Gasteiger charge is -2.08. The molecule has 0 aliphatic heterocycles. The average Bonchev–Trinajstić information content (AvgIpc) is 2.99. The molecule has 0 atom stereocenters. The molecule has 3 aromatic rings. The molecule has 0 bridgehead atoms. The van der Waals surface area contributed by atoms with Crippen LogP contribution in [0.2, 0.25) is 0 Å². The highest BCUT2D eigenvalue weighted by molar-refractivity contribution is 5.37. The molecule has 0 unspecified atom stereocenters. The second-order valence-corrected chi connectivity index (χ2v) is 4.80. The molecule has 0 aliphatic carbocycles. The molecule has 6 heteroatoms. The Labute approximate surface area is 132 Å². The predicted octanol–water partition coefficient (Wildman–Crippen LogP) is 2.90. The Morgan fingerprint density at radius 2 is 1.96 bits per heavy atom. The number of para-hydroxylation sites is 1. The zero-order chi connectivity index (χ0) is 16.1. The fourth-order valence-corrected chi connectivity index (χ4v) is 2.21. The van der Waals surface area contributed by atoms with Crippen LogP contribution < -0.4 is 4.74 Å². The van der Waals surface area contributed by atoms with Crippen LogP contribution in [0.4, 0.5) is 4.39 Å². The van der Waals surface area contributed by atoms with Gasteiger partial charge in [-0.2, -0.15) is 5.26 Å². The zero-order valence-corrected chi connectivity index (χ0v) is 12.2. The first-order valence-corrected chi connectivity index (χ1v) is 7.06. The summed E-state index contributed by atoms with van der Waals surface area (Å²) >= 11 is 0. The third kappa shape index (κ3) is 3.35. The predicted molar refractivity (Wildman–Crippen MR) is 81.7 cm³/mol. The Balaban J connectivity index is 1.81. The number of halogens is 1. The highest BCUT2D eigenvalue weighted by Gasteiger charge is 2.14. The van der Waals surface area contributed by atoms with E-state index in [0.717, 1.165) is 5.75 Å². The fourth-order valence-electron chi connectivity index (χ4n) is 2.21. The van der Waals surface area contributed by atoms with Crippen molar-refractivity contribution in [2.75, 3.05) is 6.61 Å². The zero-order valence-electron chi connectivity index (χ0n) is 12.2. The van der Waals surface area contributed by atoms with Gasteiger partial charge in [-0.05, 0) is 30.3 Å². The van der Waals surface area contributed by atoms with Gasteiger partial charge in [-0.3, -0.25) is 0 Å². The number of hydrogen-bond acceptors (Lipinski definition) is 4. The molecule has 114 valence electrons. The van der Waals surface area contributed by atoms with Crippen molar-refractivity contribution in [3.05, 3.63) is 71.8 Å². The minimum atomic E-state index is -0.372. The smallest absolute Gasteiger partial charge is 0.186 e. The minimum absolute atomic E-state index is 0.214. The lowest BCUT2D eigenvalue weighted by molar-refractivity contribution is 0.319. The van der Waals surface area contributed by atoms with Crippen molar-refractivity contribution in [1.29, 1.82) is 5.26 Å². The molecular weight excluding hydrogens is 295 g/mol. The van der Waals surface area contributed by atoms with E-state index in [1.165, 1.54) is 16.8 Å². The number of benzene rings is 2. The lowest BCUT2D eigenvalue weighted by atomic mass is 10.2. The van der Waals surface area contributed by atoms with Crippen LogP contribution in [0.15, 0.2) is 54.6 Å². The normalized spacial score (nSPS) is 10.3. The van der Waals surface area contributed by atoms with Crippen molar-refractivity contribution in [2.24, 2.45) is 0 Å². The Bertz CT molecular complexity index is 839. The second-order valence-electron chi connectivity index (χ2n) is 4.80. The van der Waals surface area contributed by atoms with E-state index in [1.807, 2.05) is 36.4 Å². The monoisotopic (exact) mass is 308 g/mol. The van der Waals surface area contributed by atoms with Gasteiger partial charge >= 0.3 is 0 Å². The molecule has 0 radical (unpaired) electrons. The first-order valence-electron chi connectivity index (χ1n) is 7.06. The van der Waals surface area contributed by atoms with E-state index >= 15 is 0 Å². The standard InChI is InChI=1S/C17H13FN4O/c18-13-5-4-6-14(11-13)22-17(16(12-19)20-21-22)9-10-23-15-7-2-1-3-8-15/h1-8,11H,9-10H2. The van der Waals surface area contributed by atoms with E-state index in [-0.39, 0.29) is 11.5 Å². The topological polar surface area (TPSA) is 63.7 Å². The largest absolute Gasteiger partial charge is 0.493 e. The summed E-state index contributed by atoms with van der Waals surface area (Å²) in [6.45, 7) is 0.362. The van der Waals surface area contributed by atoms with Crippen molar-refractivity contribution < 1.29 is 9.13 Å². The quantitative estimate of drug-likeness (QED) is 0.727. The van der Waals surface area contributed by atoms with Gasteiger partial charge in [-0.15, -0.1) is 5.10 Å². The molecular formula is C17H13FN4O. The third-order valence-electron chi connectivity index (χ3n) is 3.27. The van der Waals surface area contributed by atoms with E-state index in [1.54, 1.807) is 12.1 Å². The van der Waals surface area contributed by atoms with Gasteiger partial charge in [-0.1, -0.05) is 29.5 Å². The van der Waals surface area contributed by atoms with E-state index in [4.69, 9.17) is 10.00 Å². The maximum atomic E-state index is 13.4. The number of rotatable bonds is 5. The van der Waals surface area contributed by atoms with Gasteiger partial charge < -0.3 is 4.74 Å². The number of nitrogens with zero attached hydrogens (tertiary/aromatic N) is 4. The Kier molecular flexibility index (Phi) is 4.29. The molecule has 0 aliphatic rings. The van der Waals surface area contributed by atoms with Gasteiger partial charge in [0.15, 0.2) is 5.69 Å². The van der Waals surface area contributed by atoms with Crippen molar-refractivity contribution in [3.63, 3.8) is 0 Å². The van der Waals surface area contributed by atoms with E-state index in [9.17, 15) is 4.39 Å². The number of hydrogen-bond donors (Lipinski definition) is 0. The van der Waals surface area contributed by atoms with Gasteiger partial charge in [0.2, 0.25) is 0 Å². The Morgan fingerprint density at radius 1 is 1.13 bits per heavy atom. The van der Waals surface area contributed by atoms with Crippen molar-refractivity contribution in [1.82, 2.24) is 15.0 Å². The molecule has 1 heterocycles. The highest BCUT2D eigenvalue weighted by atomic mass is 19.1. The number of ether oxygens (including phenoxy) is 1. The molecule has 2 aromatic carbocycles. The lowest BCUT2D eigenvalue weighted by Crippen LogP contribution is -2.09. The molecule has 0 amide bonds. The van der Waals surface area contributed by atoms with Crippen LogP contribution >= 0.6 is 0 Å². The third-order valence-corrected chi connectivity index (χ3v) is 3.27. The summed E-state index contributed by atoms with van der Waals surface area (Å²) in [5.74, 6) is 0.374. The van der Waals surface area contributed by atoms with Gasteiger partial charge in [0, 0.05) is 6.42 Å². The molecule has 0 N–H and O–H groups in total. The van der Waals surface area contributed by atoms with Gasteiger partial charge in [0.25, 0.3) is 0 Å². The summed E-state index contributed by atoms with van der Waals surface area (Å²) in [5, 5.41) is 17.0. The second kappa shape index (κ2) is 6.71. The molecule has 0 spiro atoms. The average molecular weight is 308 g/mol. The first-order chi connectivity index (χ1) is 11.3. The summed E-state index contributed by atoms with van der Waals surface area (Å²) in [6.07, 6.45) is 0.432. The molecule has 0 fully saturated rings. The summed E-state index contributed by atoms with van der Waals surface area (Å²) in [7, 11) is 0. The van der Waals surface area contributed by atoms with Crippen molar-refractivity contribution in [3.8, 4) is 17.5 Å². The molecule has 0 saturated carbocycles. The van der Waals surface area contributed by atoms with E-state index in [0.29, 0.717) is 24.4 Å². The van der Waals surface area contributed by atoms with E-state index < -0.39 is 0 Å². The van der Waals surface area contributed by atoms with Gasteiger partial charge in [0.05, 0.1) is 18.0 Å². The molecule has 23 heavy (non-hydrogen) atoms. The summed E-state index contributed by atoms with van der Waals surface area (Å²) in [4.78, 5) is 0. The summed E-state index contributed by atoms with van der Waals surface area (Å²) in [5.41, 5.74) is 1.33. The first kappa shape index (κ1) is 14.7. The van der Waals surface area contributed by atoms with Crippen LogP contribution in [-0.4, -0.2) is 21.6 Å². The van der Waals surface area contributed by atoms with Gasteiger partial charge in [0.1, 0.15) is 17.6 Å². The van der Waals surface area contributed by atoms with E-state index in [2.05, 4.69) is 10.3 Å². The van der Waals surface area contributed by atoms with Crippen LogP contribution in [0.1, 0.15) is 11.4 Å². The van der Waals surface area contributed by atoms with Crippen LogP contribution in [0, 0.1) is 17.1 Å². The van der Waals surface area contributed by atoms with Crippen LogP contribution in [0.25, 0.3) is 5.69 Å². The maximum absolute atomic E-state index is 13.4. The van der Waals surface area contributed by atoms with Crippen LogP contribution in [-0.2, 0) is 6.42 Å². The van der Waals surface area contributed by atoms with Crippen molar-refractivity contribution in [2.45, 2.75) is 6.42 Å². The van der Waals surface area contributed by atoms with Gasteiger partial charge in [-0.25, -0.2) is 9.07 Å². The summed E-state index contributed by atoms with van der Waals surface area (Å²) in [6, 6.07) is 17.4. The van der Waals surface area contributed by atoms with Crippen LogP contribution in [0.5, 0.6) is 5.75 Å². The Hall–Kier alpha value is -3.20. The minimum Gasteiger partial charge on any atom is -0.493 e. The molecule has 1 aromatic heterocycles. The number of aromatic nitrogens is 3. The molecule has 3 rings (SSSR count). The maximum Gasteiger partial charge on any atom is 0.186 e. The fraction of sp³-hybridized carbons (Fsp3) is 0.118. The highest BCUT2D eigenvalue weighted by Crippen LogP contribution is 2.15. The Morgan fingerprint density at radius 3 is 2.70 bits per heavy atom. The summed E-state index contributed by atoms with van der Waals surface area (Å²) < 4.78 is 20.5. The SMILES string of the molecule is N#Cc1nnn(-c2cccc(F)c2)c1CCOc1ccccc1. The van der Waals surface area contributed by atoms with Crippen molar-refractivity contribution >= 4 is 0 Å². The van der Waals surface area contributed by atoms with Crippen LogP contribution in [0.3, 0.4) is 0 Å². The number of nitriles is 1. The molecule has 5 nitrogen and oxygen atoms in total.